The molecule has 2 amide bonds. The molecular weight excluding hydrogens is 428 g/mol. The van der Waals surface area contributed by atoms with Gasteiger partial charge in [0.05, 0.1) is 5.92 Å². The topological polar surface area (TPSA) is 88.3 Å². The van der Waals surface area contributed by atoms with Crippen molar-refractivity contribution in [2.45, 2.75) is 20.3 Å². The normalized spacial score (nSPS) is 15.5. The number of aryl methyl sites for hydroxylation is 2. The molecule has 7 heteroatoms. The van der Waals surface area contributed by atoms with E-state index in [1.165, 1.54) is 0 Å². The molecule has 0 bridgehead atoms. The lowest BCUT2D eigenvalue weighted by Gasteiger charge is -2.19. The average Bonchev–Trinajstić information content (AvgIpc) is 3.48. The largest absolute Gasteiger partial charge is 0.334 e. The third kappa shape index (κ3) is 4.32. The monoisotopic (exact) mass is 452 g/mol. The number of benzene rings is 3. The second-order valence-corrected chi connectivity index (χ2v) is 8.55. The molecule has 4 aromatic rings. The summed E-state index contributed by atoms with van der Waals surface area (Å²) < 4.78 is 5.46. The van der Waals surface area contributed by atoms with E-state index in [0.29, 0.717) is 29.5 Å². The highest BCUT2D eigenvalue weighted by Gasteiger charge is 2.35. The zero-order chi connectivity index (χ0) is 23.7. The van der Waals surface area contributed by atoms with Crippen LogP contribution >= 0.6 is 0 Å². The molecule has 0 radical (unpaired) electrons. The molecule has 2 heterocycles. The molecule has 0 unspecified atom stereocenters. The van der Waals surface area contributed by atoms with Crippen LogP contribution < -0.4 is 10.2 Å². The predicted octanol–water partition coefficient (Wildman–Crippen LogP) is 5.01. The Labute approximate surface area is 197 Å². The van der Waals surface area contributed by atoms with Crippen LogP contribution in [0.1, 0.15) is 17.5 Å². The van der Waals surface area contributed by atoms with Crippen molar-refractivity contribution in [2.24, 2.45) is 5.92 Å². The lowest BCUT2D eigenvalue weighted by Crippen LogP contribution is -2.28. The molecule has 1 atom stereocenters. The second-order valence-electron chi connectivity index (χ2n) is 8.55. The minimum absolute atomic E-state index is 0.0438. The van der Waals surface area contributed by atoms with E-state index < -0.39 is 5.92 Å². The van der Waals surface area contributed by atoms with Gasteiger partial charge in [0, 0.05) is 35.5 Å². The first kappa shape index (κ1) is 21.6. The van der Waals surface area contributed by atoms with Gasteiger partial charge < -0.3 is 14.7 Å². The predicted molar refractivity (Wildman–Crippen MR) is 130 cm³/mol. The van der Waals surface area contributed by atoms with Crippen molar-refractivity contribution in [1.29, 1.82) is 0 Å². The van der Waals surface area contributed by atoms with Crippen molar-refractivity contribution in [3.05, 3.63) is 83.9 Å². The first-order valence-electron chi connectivity index (χ1n) is 11.2. The van der Waals surface area contributed by atoms with Crippen LogP contribution in [0.15, 0.2) is 77.3 Å². The number of para-hydroxylation sites is 1. The standard InChI is InChI=1S/C27H24N4O3/c1-17-10-12-19(13-11-17)25-29-27(34-30-25)20-7-5-8-22(14-20)28-26(33)21-15-24(32)31(16-21)23-9-4-3-6-18(23)2/h3-14,21H,15-16H2,1-2H3,(H,28,33)/t21-/m0/s1. The molecule has 34 heavy (non-hydrogen) atoms. The molecule has 1 saturated heterocycles. The summed E-state index contributed by atoms with van der Waals surface area (Å²) in [5.74, 6) is 0.219. The smallest absolute Gasteiger partial charge is 0.258 e. The lowest BCUT2D eigenvalue weighted by molar-refractivity contribution is -0.122. The Kier molecular flexibility index (Phi) is 5.67. The summed E-state index contributed by atoms with van der Waals surface area (Å²) in [7, 11) is 0. The van der Waals surface area contributed by atoms with Crippen LogP contribution in [0.2, 0.25) is 0 Å². The highest BCUT2D eigenvalue weighted by Crippen LogP contribution is 2.29. The second kappa shape index (κ2) is 8.94. The van der Waals surface area contributed by atoms with Crippen molar-refractivity contribution in [1.82, 2.24) is 10.1 Å². The maximum atomic E-state index is 12.9. The van der Waals surface area contributed by atoms with E-state index in [0.717, 1.165) is 22.4 Å². The number of aromatic nitrogens is 2. The zero-order valence-electron chi connectivity index (χ0n) is 19.0. The third-order valence-corrected chi connectivity index (χ3v) is 6.01. The number of carbonyl (C=O) groups is 2. The molecule has 170 valence electrons. The van der Waals surface area contributed by atoms with E-state index in [2.05, 4.69) is 15.5 Å². The van der Waals surface area contributed by atoms with Crippen LogP contribution in [0.3, 0.4) is 0 Å². The van der Waals surface area contributed by atoms with Crippen LogP contribution in [0, 0.1) is 19.8 Å². The van der Waals surface area contributed by atoms with Crippen LogP contribution in [-0.2, 0) is 9.59 Å². The van der Waals surface area contributed by atoms with Crippen LogP contribution in [0.25, 0.3) is 22.8 Å². The fourth-order valence-electron chi connectivity index (χ4n) is 4.12. The Bertz CT molecular complexity index is 1360. The van der Waals surface area contributed by atoms with Gasteiger partial charge in [-0.2, -0.15) is 4.98 Å². The van der Waals surface area contributed by atoms with Crippen molar-refractivity contribution in [3.63, 3.8) is 0 Å². The molecule has 1 N–H and O–H groups in total. The van der Waals surface area contributed by atoms with Crippen LogP contribution in [0.5, 0.6) is 0 Å². The highest BCUT2D eigenvalue weighted by atomic mass is 16.5. The molecule has 0 spiro atoms. The molecule has 1 aromatic heterocycles. The summed E-state index contributed by atoms with van der Waals surface area (Å²) in [5.41, 5.74) is 5.20. The fraction of sp³-hybridized carbons (Fsp3) is 0.185. The molecule has 1 aliphatic heterocycles. The van der Waals surface area contributed by atoms with Crippen LogP contribution in [-0.4, -0.2) is 28.5 Å². The van der Waals surface area contributed by atoms with Gasteiger partial charge in [0.1, 0.15) is 0 Å². The van der Waals surface area contributed by atoms with Crippen molar-refractivity contribution in [2.75, 3.05) is 16.8 Å². The minimum Gasteiger partial charge on any atom is -0.334 e. The van der Waals surface area contributed by atoms with Gasteiger partial charge >= 0.3 is 0 Å². The highest BCUT2D eigenvalue weighted by molar-refractivity contribution is 6.04. The minimum atomic E-state index is -0.424. The SMILES string of the molecule is Cc1ccc(-c2noc(-c3cccc(NC(=O)[C@H]4CC(=O)N(c5ccccc5C)C4)c3)n2)cc1. The Hall–Kier alpha value is -4.26. The lowest BCUT2D eigenvalue weighted by atomic mass is 10.1. The molecule has 0 aliphatic carbocycles. The Morgan fingerprint density at radius 3 is 2.59 bits per heavy atom. The van der Waals surface area contributed by atoms with Crippen molar-refractivity contribution in [3.8, 4) is 22.8 Å². The molecule has 1 fully saturated rings. The van der Waals surface area contributed by atoms with Gasteiger partial charge in [-0.1, -0.05) is 59.3 Å². The summed E-state index contributed by atoms with van der Waals surface area (Å²) in [6, 6.07) is 22.9. The summed E-state index contributed by atoms with van der Waals surface area (Å²) >= 11 is 0. The van der Waals surface area contributed by atoms with E-state index in [-0.39, 0.29) is 18.2 Å². The molecule has 0 saturated carbocycles. The summed E-state index contributed by atoms with van der Waals surface area (Å²) in [6.45, 7) is 4.34. The number of carbonyl (C=O) groups excluding carboxylic acids is 2. The zero-order valence-corrected chi connectivity index (χ0v) is 19.0. The Balaban J connectivity index is 1.29. The van der Waals surface area contributed by atoms with Gasteiger partial charge in [0.2, 0.25) is 17.6 Å². The van der Waals surface area contributed by atoms with Gasteiger partial charge in [0.15, 0.2) is 0 Å². The van der Waals surface area contributed by atoms with Gasteiger partial charge in [-0.05, 0) is 43.7 Å². The Morgan fingerprint density at radius 1 is 1.00 bits per heavy atom. The number of hydrogen-bond acceptors (Lipinski definition) is 5. The fourth-order valence-corrected chi connectivity index (χ4v) is 4.12. The molecule has 3 aromatic carbocycles. The van der Waals surface area contributed by atoms with E-state index in [9.17, 15) is 9.59 Å². The number of nitrogens with one attached hydrogen (secondary N) is 1. The number of anilines is 2. The maximum absolute atomic E-state index is 12.9. The average molecular weight is 453 g/mol. The van der Waals surface area contributed by atoms with Gasteiger partial charge in [-0.15, -0.1) is 0 Å². The van der Waals surface area contributed by atoms with E-state index in [4.69, 9.17) is 4.52 Å². The number of nitrogens with zero attached hydrogens (tertiary/aromatic N) is 3. The summed E-state index contributed by atoms with van der Waals surface area (Å²) in [5, 5.41) is 7.02. The van der Waals surface area contributed by atoms with Crippen LogP contribution in [0.4, 0.5) is 11.4 Å². The molecule has 7 nitrogen and oxygen atoms in total. The van der Waals surface area contributed by atoms with Gasteiger partial charge in [-0.25, -0.2) is 0 Å². The number of amides is 2. The quantitative estimate of drug-likeness (QED) is 0.460. The molecular formula is C27H24N4O3. The van der Waals surface area contributed by atoms with E-state index >= 15 is 0 Å². The maximum Gasteiger partial charge on any atom is 0.258 e. The van der Waals surface area contributed by atoms with Crippen molar-refractivity contribution >= 4 is 23.2 Å². The van der Waals surface area contributed by atoms with E-state index in [1.807, 2.05) is 74.5 Å². The van der Waals surface area contributed by atoms with Gasteiger partial charge in [0.25, 0.3) is 5.89 Å². The third-order valence-electron chi connectivity index (χ3n) is 6.01. The van der Waals surface area contributed by atoms with Gasteiger partial charge in [-0.3, -0.25) is 9.59 Å². The first-order valence-corrected chi connectivity index (χ1v) is 11.2. The summed E-state index contributed by atoms with van der Waals surface area (Å²) in [4.78, 5) is 31.7. The number of rotatable bonds is 5. The van der Waals surface area contributed by atoms with E-state index in [1.54, 1.807) is 17.0 Å². The Morgan fingerprint density at radius 2 is 1.79 bits per heavy atom. The summed E-state index contributed by atoms with van der Waals surface area (Å²) in [6.07, 6.45) is 0.184. The number of hydrogen-bond donors (Lipinski definition) is 1. The first-order chi connectivity index (χ1) is 16.5. The molecule has 5 rings (SSSR count). The van der Waals surface area contributed by atoms with Crippen molar-refractivity contribution < 1.29 is 14.1 Å². The molecule has 1 aliphatic rings.